The Hall–Kier alpha value is -1.46. The molecule has 6 heteroatoms. The Kier molecular flexibility index (Phi) is 4.28. The van der Waals surface area contributed by atoms with E-state index in [0.29, 0.717) is 17.3 Å². The second-order valence-electron chi connectivity index (χ2n) is 4.00. The van der Waals surface area contributed by atoms with Crippen molar-refractivity contribution in [1.82, 2.24) is 15.0 Å². The van der Waals surface area contributed by atoms with Gasteiger partial charge in [-0.05, 0) is 37.9 Å². The van der Waals surface area contributed by atoms with E-state index in [2.05, 4.69) is 10.3 Å². The van der Waals surface area contributed by atoms with Gasteiger partial charge >= 0.3 is 0 Å². The lowest BCUT2D eigenvalue weighted by Gasteiger charge is -2.02. The molecule has 1 aromatic carbocycles. The van der Waals surface area contributed by atoms with Crippen molar-refractivity contribution < 1.29 is 4.39 Å². The summed E-state index contributed by atoms with van der Waals surface area (Å²) in [6.45, 7) is 0.670. The van der Waals surface area contributed by atoms with Crippen LogP contribution in [0, 0.1) is 5.82 Å². The Morgan fingerprint density at radius 2 is 2.17 bits per heavy atom. The first-order valence-corrected chi connectivity index (χ1v) is 6.15. The molecule has 2 rings (SSSR count). The van der Waals surface area contributed by atoms with E-state index in [9.17, 15) is 4.39 Å². The van der Waals surface area contributed by atoms with Crippen molar-refractivity contribution in [1.29, 1.82) is 0 Å². The molecule has 0 saturated heterocycles. The molecule has 1 heterocycles. The SMILES string of the molecule is NCCCCc1cn(-c2cc(F)ccc2Cl)nn1. The second-order valence-corrected chi connectivity index (χ2v) is 4.40. The van der Waals surface area contributed by atoms with Crippen molar-refractivity contribution in [3.05, 3.63) is 40.9 Å². The highest BCUT2D eigenvalue weighted by Gasteiger charge is 2.07. The molecule has 0 radical (unpaired) electrons. The van der Waals surface area contributed by atoms with Gasteiger partial charge in [0.2, 0.25) is 0 Å². The van der Waals surface area contributed by atoms with Gasteiger partial charge < -0.3 is 5.73 Å². The van der Waals surface area contributed by atoms with Crippen molar-refractivity contribution in [2.75, 3.05) is 6.54 Å². The van der Waals surface area contributed by atoms with Crippen LogP contribution in [0.2, 0.25) is 5.02 Å². The van der Waals surface area contributed by atoms with E-state index in [1.165, 1.54) is 22.9 Å². The molecule has 0 fully saturated rings. The highest BCUT2D eigenvalue weighted by atomic mass is 35.5. The van der Waals surface area contributed by atoms with Gasteiger partial charge in [-0.25, -0.2) is 9.07 Å². The average molecular weight is 269 g/mol. The summed E-state index contributed by atoms with van der Waals surface area (Å²) in [5.74, 6) is -0.352. The fourth-order valence-corrected chi connectivity index (χ4v) is 1.85. The molecule has 0 spiro atoms. The Labute approximate surface area is 110 Å². The summed E-state index contributed by atoms with van der Waals surface area (Å²) in [6, 6.07) is 4.15. The van der Waals surface area contributed by atoms with Crippen LogP contribution in [0.4, 0.5) is 4.39 Å². The Morgan fingerprint density at radius 3 is 2.94 bits per heavy atom. The molecule has 0 aliphatic carbocycles. The third-order valence-electron chi connectivity index (χ3n) is 2.58. The van der Waals surface area contributed by atoms with E-state index in [4.69, 9.17) is 17.3 Å². The number of nitrogens with zero attached hydrogens (tertiary/aromatic N) is 3. The van der Waals surface area contributed by atoms with Crippen molar-refractivity contribution >= 4 is 11.6 Å². The largest absolute Gasteiger partial charge is 0.330 e. The number of aromatic nitrogens is 3. The molecule has 0 atom stereocenters. The number of nitrogens with two attached hydrogens (primary N) is 1. The molecule has 18 heavy (non-hydrogen) atoms. The molecule has 96 valence electrons. The molecule has 0 aliphatic rings. The van der Waals surface area contributed by atoms with Gasteiger partial charge in [0.1, 0.15) is 5.82 Å². The average Bonchev–Trinajstić information content (AvgIpc) is 2.81. The highest BCUT2D eigenvalue weighted by molar-refractivity contribution is 6.32. The van der Waals surface area contributed by atoms with Crippen LogP contribution in [0.3, 0.4) is 0 Å². The number of hydrogen-bond donors (Lipinski definition) is 1. The van der Waals surface area contributed by atoms with E-state index in [1.54, 1.807) is 6.20 Å². The van der Waals surface area contributed by atoms with E-state index >= 15 is 0 Å². The number of aryl methyl sites for hydroxylation is 1. The first kappa shape index (κ1) is 13.0. The van der Waals surface area contributed by atoms with Crippen LogP contribution in [-0.4, -0.2) is 21.5 Å². The van der Waals surface area contributed by atoms with Gasteiger partial charge in [-0.15, -0.1) is 5.10 Å². The van der Waals surface area contributed by atoms with Crippen molar-refractivity contribution in [3.8, 4) is 5.69 Å². The molecular formula is C12H14ClFN4. The molecule has 2 aromatic rings. The molecule has 0 amide bonds. The molecule has 0 bridgehead atoms. The fraction of sp³-hybridized carbons (Fsp3) is 0.333. The van der Waals surface area contributed by atoms with Crippen LogP contribution in [0.25, 0.3) is 5.69 Å². The minimum atomic E-state index is -0.352. The molecule has 4 nitrogen and oxygen atoms in total. The molecule has 0 unspecified atom stereocenters. The molecule has 1 aromatic heterocycles. The minimum absolute atomic E-state index is 0.352. The smallest absolute Gasteiger partial charge is 0.125 e. The molecule has 0 saturated carbocycles. The van der Waals surface area contributed by atoms with Gasteiger partial charge in [-0.3, -0.25) is 0 Å². The van der Waals surface area contributed by atoms with Crippen LogP contribution < -0.4 is 5.73 Å². The maximum Gasteiger partial charge on any atom is 0.125 e. The zero-order chi connectivity index (χ0) is 13.0. The second kappa shape index (κ2) is 5.93. The summed E-state index contributed by atoms with van der Waals surface area (Å²) < 4.78 is 14.6. The summed E-state index contributed by atoms with van der Waals surface area (Å²) in [6.07, 6.45) is 4.49. The summed E-state index contributed by atoms with van der Waals surface area (Å²) in [7, 11) is 0. The Balaban J connectivity index is 2.16. The van der Waals surface area contributed by atoms with Gasteiger partial charge in [-0.2, -0.15) is 0 Å². The predicted molar refractivity (Wildman–Crippen MR) is 68.3 cm³/mol. The van der Waals surface area contributed by atoms with Gasteiger partial charge in [0, 0.05) is 6.07 Å². The Bertz CT molecular complexity index is 527. The maximum atomic E-state index is 13.2. The summed E-state index contributed by atoms with van der Waals surface area (Å²) >= 11 is 5.99. The third kappa shape index (κ3) is 3.05. The number of unbranched alkanes of at least 4 members (excludes halogenated alkanes) is 1. The lowest BCUT2D eigenvalue weighted by Crippen LogP contribution is -1.99. The lowest BCUT2D eigenvalue weighted by atomic mass is 10.2. The topological polar surface area (TPSA) is 56.7 Å². The van der Waals surface area contributed by atoms with Crippen molar-refractivity contribution in [3.63, 3.8) is 0 Å². The monoisotopic (exact) mass is 268 g/mol. The van der Waals surface area contributed by atoms with Crippen LogP contribution in [-0.2, 0) is 6.42 Å². The van der Waals surface area contributed by atoms with Gasteiger partial charge in [-0.1, -0.05) is 16.8 Å². The van der Waals surface area contributed by atoms with Crippen LogP contribution in [0.15, 0.2) is 24.4 Å². The normalized spacial score (nSPS) is 10.8. The number of hydrogen-bond acceptors (Lipinski definition) is 3. The summed E-state index contributed by atoms with van der Waals surface area (Å²) in [5.41, 5.74) is 6.77. The fourth-order valence-electron chi connectivity index (χ4n) is 1.64. The number of benzene rings is 1. The minimum Gasteiger partial charge on any atom is -0.330 e. The van der Waals surface area contributed by atoms with Gasteiger partial charge in [0.05, 0.1) is 22.6 Å². The number of rotatable bonds is 5. The van der Waals surface area contributed by atoms with E-state index in [-0.39, 0.29) is 5.82 Å². The van der Waals surface area contributed by atoms with E-state index in [0.717, 1.165) is 25.0 Å². The highest BCUT2D eigenvalue weighted by Crippen LogP contribution is 2.20. The van der Waals surface area contributed by atoms with Crippen molar-refractivity contribution in [2.45, 2.75) is 19.3 Å². The zero-order valence-electron chi connectivity index (χ0n) is 9.81. The first-order chi connectivity index (χ1) is 8.70. The zero-order valence-corrected chi connectivity index (χ0v) is 10.6. The summed E-state index contributed by atoms with van der Waals surface area (Å²) in [5, 5.41) is 8.42. The number of halogens is 2. The summed E-state index contributed by atoms with van der Waals surface area (Å²) in [4.78, 5) is 0. The molecule has 0 aliphatic heterocycles. The maximum absolute atomic E-state index is 13.2. The third-order valence-corrected chi connectivity index (χ3v) is 2.90. The van der Waals surface area contributed by atoms with Crippen molar-refractivity contribution in [2.24, 2.45) is 5.73 Å². The van der Waals surface area contributed by atoms with E-state index in [1.807, 2.05) is 0 Å². The predicted octanol–water partition coefficient (Wildman–Crippen LogP) is 2.34. The van der Waals surface area contributed by atoms with E-state index < -0.39 is 0 Å². The molecular weight excluding hydrogens is 255 g/mol. The van der Waals surface area contributed by atoms with Crippen LogP contribution in [0.5, 0.6) is 0 Å². The van der Waals surface area contributed by atoms with Crippen LogP contribution >= 0.6 is 11.6 Å². The van der Waals surface area contributed by atoms with Gasteiger partial charge in [0.25, 0.3) is 0 Å². The Morgan fingerprint density at radius 1 is 1.33 bits per heavy atom. The first-order valence-electron chi connectivity index (χ1n) is 5.77. The van der Waals surface area contributed by atoms with Crippen LogP contribution in [0.1, 0.15) is 18.5 Å². The standard InChI is InChI=1S/C12H14ClFN4/c13-11-5-4-9(14)7-12(11)18-8-10(16-17-18)3-1-2-6-15/h4-5,7-8H,1-3,6,15H2. The quantitative estimate of drug-likeness (QED) is 0.847. The lowest BCUT2D eigenvalue weighted by molar-refractivity contribution is 0.625. The molecule has 2 N–H and O–H groups in total. The van der Waals surface area contributed by atoms with Gasteiger partial charge in [0.15, 0.2) is 0 Å².